The van der Waals surface area contributed by atoms with E-state index in [1.165, 1.54) is 23.0 Å². The molecule has 2 aromatic rings. The van der Waals surface area contributed by atoms with Gasteiger partial charge in [-0.1, -0.05) is 24.3 Å². The molecular weight excluding hydrogens is 452 g/mol. The molecule has 1 aromatic carbocycles. The van der Waals surface area contributed by atoms with Gasteiger partial charge in [-0.2, -0.15) is 13.2 Å². The van der Waals surface area contributed by atoms with Gasteiger partial charge in [0.2, 0.25) is 5.91 Å². The number of hydrogen-bond donors (Lipinski definition) is 2. The van der Waals surface area contributed by atoms with Crippen LogP contribution in [-0.2, 0) is 26.5 Å². The molecule has 0 saturated carbocycles. The zero-order valence-electron chi connectivity index (χ0n) is 17.3. The first-order valence-corrected chi connectivity index (χ1v) is 11.6. The first kappa shape index (κ1) is 24.4. The summed E-state index contributed by atoms with van der Waals surface area (Å²) in [6.45, 7) is 1.95. The normalized spacial score (nSPS) is 16.9. The molecule has 1 aliphatic rings. The second-order valence-electron chi connectivity index (χ2n) is 7.56. The van der Waals surface area contributed by atoms with Gasteiger partial charge in [-0.25, -0.2) is 9.25 Å². The molecule has 176 valence electrons. The monoisotopic (exact) mass is 476 g/mol. The van der Waals surface area contributed by atoms with Gasteiger partial charge in [0.1, 0.15) is 0 Å². The van der Waals surface area contributed by atoms with E-state index < -0.39 is 38.1 Å². The van der Waals surface area contributed by atoms with Gasteiger partial charge in [0.25, 0.3) is 0 Å². The largest absolute Gasteiger partial charge is 0.469 e. The molecule has 1 aliphatic heterocycles. The summed E-state index contributed by atoms with van der Waals surface area (Å²) in [6, 6.07) is 3.93. The lowest BCUT2D eigenvalue weighted by Crippen LogP contribution is -2.43. The summed E-state index contributed by atoms with van der Waals surface area (Å²) in [5.41, 5.74) is 0.677. The maximum atomic E-state index is 13.1. The van der Waals surface area contributed by atoms with Crippen molar-refractivity contribution >= 4 is 13.7 Å². The summed E-state index contributed by atoms with van der Waals surface area (Å²) in [7, 11) is -4.80. The third kappa shape index (κ3) is 6.16. The Labute approximate surface area is 182 Å². The number of amides is 1. The van der Waals surface area contributed by atoms with Crippen LogP contribution >= 0.6 is 7.82 Å². The molecule has 2 heterocycles. The molecule has 1 amide bonds. The molecule has 0 spiro atoms. The number of piperidine rings is 1. The van der Waals surface area contributed by atoms with Crippen molar-refractivity contribution in [2.24, 2.45) is 0 Å². The van der Waals surface area contributed by atoms with Gasteiger partial charge in [-0.15, -0.1) is 5.10 Å². The van der Waals surface area contributed by atoms with Crippen LogP contribution in [0.1, 0.15) is 48.5 Å². The summed E-state index contributed by atoms with van der Waals surface area (Å²) in [5, 5.41) is 7.80. The lowest BCUT2D eigenvalue weighted by Gasteiger charge is -2.34. The maximum absolute atomic E-state index is 13.1. The third-order valence-corrected chi connectivity index (χ3v) is 5.93. The van der Waals surface area contributed by atoms with E-state index >= 15 is 0 Å². The first-order chi connectivity index (χ1) is 15.0. The number of carbonyl (C=O) groups is 1. The molecule has 1 saturated heterocycles. The number of carbonyl (C=O) groups excluding carboxylic acids is 1. The lowest BCUT2D eigenvalue weighted by molar-refractivity contribution is -0.138. The van der Waals surface area contributed by atoms with Crippen molar-refractivity contribution in [3.63, 3.8) is 0 Å². The molecule has 0 radical (unpaired) electrons. The topological polar surface area (TPSA) is 118 Å². The molecule has 0 bridgehead atoms. The highest BCUT2D eigenvalue weighted by Gasteiger charge is 2.33. The standard InChI is InChI=1S/C19H24F3N4O5P/c1-2-16-11-26(24-23-16)17(12-31-32(28,29)30)18(27)25-9-7-14(8-10-25)13-3-5-15(6-4-13)19(20,21)22/h3-6,11,14,17H,2,7-10,12H2,1H3,(H2,28,29,30). The number of aryl methyl sites for hydroxylation is 1. The van der Waals surface area contributed by atoms with Gasteiger partial charge in [-0.3, -0.25) is 9.32 Å². The van der Waals surface area contributed by atoms with E-state index in [-0.39, 0.29) is 5.92 Å². The Morgan fingerprint density at radius 3 is 2.38 bits per heavy atom. The summed E-state index contributed by atoms with van der Waals surface area (Å²) < 4.78 is 55.2. The van der Waals surface area contributed by atoms with Gasteiger partial charge >= 0.3 is 14.0 Å². The summed E-state index contributed by atoms with van der Waals surface area (Å²) in [5.74, 6) is -0.416. The average molecular weight is 476 g/mol. The number of rotatable bonds is 7. The summed E-state index contributed by atoms with van der Waals surface area (Å²) >= 11 is 0. The minimum absolute atomic E-state index is 0.00389. The van der Waals surface area contributed by atoms with E-state index in [1.54, 1.807) is 4.90 Å². The minimum atomic E-state index is -4.80. The zero-order chi connectivity index (χ0) is 23.5. The van der Waals surface area contributed by atoms with E-state index in [2.05, 4.69) is 14.8 Å². The summed E-state index contributed by atoms with van der Waals surface area (Å²) in [6.07, 6.45) is -1.21. The van der Waals surface area contributed by atoms with Crippen LogP contribution in [-0.4, -0.2) is 55.3 Å². The Balaban J connectivity index is 1.67. The zero-order valence-corrected chi connectivity index (χ0v) is 18.2. The molecule has 1 fully saturated rings. The van der Waals surface area contributed by atoms with Gasteiger partial charge < -0.3 is 14.7 Å². The number of benzene rings is 1. The number of phosphoric acid groups is 1. The molecule has 0 aliphatic carbocycles. The Bertz CT molecular complexity index is 968. The van der Waals surface area contributed by atoms with Crippen LogP contribution in [0.3, 0.4) is 0 Å². The van der Waals surface area contributed by atoms with Crippen LogP contribution < -0.4 is 0 Å². The fraction of sp³-hybridized carbons (Fsp3) is 0.526. The predicted molar refractivity (Wildman–Crippen MR) is 106 cm³/mol. The molecule has 9 nitrogen and oxygen atoms in total. The third-order valence-electron chi connectivity index (χ3n) is 5.44. The fourth-order valence-corrected chi connectivity index (χ4v) is 3.98. The van der Waals surface area contributed by atoms with Gasteiger partial charge in [0.05, 0.1) is 17.9 Å². The molecule has 2 N–H and O–H groups in total. The van der Waals surface area contributed by atoms with Gasteiger partial charge in [0.15, 0.2) is 6.04 Å². The highest BCUT2D eigenvalue weighted by Crippen LogP contribution is 2.37. The van der Waals surface area contributed by atoms with Crippen molar-refractivity contribution in [3.8, 4) is 0 Å². The van der Waals surface area contributed by atoms with Crippen molar-refractivity contribution in [2.45, 2.75) is 44.3 Å². The van der Waals surface area contributed by atoms with Crippen molar-refractivity contribution in [1.29, 1.82) is 0 Å². The van der Waals surface area contributed by atoms with Crippen LogP contribution in [0, 0.1) is 0 Å². The number of likely N-dealkylation sites (tertiary alicyclic amines) is 1. The lowest BCUT2D eigenvalue weighted by atomic mass is 9.88. The van der Waals surface area contributed by atoms with Crippen molar-refractivity contribution < 1.29 is 36.8 Å². The second kappa shape index (κ2) is 9.70. The van der Waals surface area contributed by atoms with Crippen molar-refractivity contribution in [3.05, 3.63) is 47.3 Å². The summed E-state index contributed by atoms with van der Waals surface area (Å²) in [4.78, 5) is 32.7. The van der Waals surface area contributed by atoms with Crippen molar-refractivity contribution in [1.82, 2.24) is 19.9 Å². The van der Waals surface area contributed by atoms with Crippen LogP contribution in [0.2, 0.25) is 0 Å². The Hall–Kier alpha value is -2.27. The second-order valence-corrected chi connectivity index (χ2v) is 8.80. The van der Waals surface area contributed by atoms with Gasteiger partial charge in [-0.05, 0) is 42.9 Å². The molecule has 1 unspecified atom stereocenters. The van der Waals surface area contributed by atoms with E-state index in [0.717, 1.165) is 17.7 Å². The number of phosphoric ester groups is 1. The molecule has 32 heavy (non-hydrogen) atoms. The predicted octanol–water partition coefficient (Wildman–Crippen LogP) is 2.92. The smallest absolute Gasteiger partial charge is 0.341 e. The molecular formula is C19H24F3N4O5P. The molecule has 1 atom stereocenters. The average Bonchev–Trinajstić information content (AvgIpc) is 3.21. The first-order valence-electron chi connectivity index (χ1n) is 10.0. The Kier molecular flexibility index (Phi) is 7.39. The van der Waals surface area contributed by atoms with Crippen LogP contribution in [0.4, 0.5) is 13.2 Å². The molecule has 1 aromatic heterocycles. The Morgan fingerprint density at radius 2 is 1.88 bits per heavy atom. The number of alkyl halides is 3. The maximum Gasteiger partial charge on any atom is 0.469 e. The van der Waals surface area contributed by atoms with Crippen LogP contribution in [0.25, 0.3) is 0 Å². The van der Waals surface area contributed by atoms with Crippen LogP contribution in [0.5, 0.6) is 0 Å². The minimum Gasteiger partial charge on any atom is -0.341 e. The van der Waals surface area contributed by atoms with E-state index in [9.17, 15) is 22.5 Å². The van der Waals surface area contributed by atoms with Crippen LogP contribution in [0.15, 0.2) is 30.5 Å². The number of halogens is 3. The highest BCUT2D eigenvalue weighted by atomic mass is 31.2. The SMILES string of the molecule is CCc1cn(C(COP(=O)(O)O)C(=O)N2CCC(c3ccc(C(F)(F)F)cc3)CC2)nn1. The number of hydrogen-bond acceptors (Lipinski definition) is 5. The highest BCUT2D eigenvalue weighted by molar-refractivity contribution is 7.46. The van der Waals surface area contributed by atoms with E-state index in [4.69, 9.17) is 9.79 Å². The fourth-order valence-electron chi connectivity index (χ4n) is 3.64. The van der Waals surface area contributed by atoms with Gasteiger partial charge in [0, 0.05) is 19.3 Å². The molecule has 3 rings (SSSR count). The number of aromatic nitrogens is 3. The van der Waals surface area contributed by atoms with E-state index in [0.29, 0.717) is 38.0 Å². The molecule has 13 heteroatoms. The van der Waals surface area contributed by atoms with Crippen molar-refractivity contribution in [2.75, 3.05) is 19.7 Å². The van der Waals surface area contributed by atoms with E-state index in [1.807, 2.05) is 6.92 Å². The quantitative estimate of drug-likeness (QED) is 0.590. The Morgan fingerprint density at radius 1 is 1.25 bits per heavy atom. The number of nitrogens with zero attached hydrogens (tertiary/aromatic N) is 4.